The number of aromatic amines is 1. The molecule has 2 aromatic heterocycles. The summed E-state index contributed by atoms with van der Waals surface area (Å²) in [6.07, 6.45) is 3.74. The normalized spacial score (nSPS) is 10.6. The summed E-state index contributed by atoms with van der Waals surface area (Å²) in [6.45, 7) is 0. The van der Waals surface area contributed by atoms with Crippen LogP contribution in [0.4, 0.5) is 0 Å². The summed E-state index contributed by atoms with van der Waals surface area (Å²) in [5, 5.41) is 9.02. The summed E-state index contributed by atoms with van der Waals surface area (Å²) in [4.78, 5) is 1.21. The van der Waals surface area contributed by atoms with Gasteiger partial charge in [-0.3, -0.25) is 5.10 Å². The number of hydrogen-bond donors (Lipinski definition) is 1. The highest BCUT2D eigenvalue weighted by molar-refractivity contribution is 7.13. The zero-order valence-electron chi connectivity index (χ0n) is 12.3. The molecule has 1 N–H and O–H groups in total. The number of para-hydroxylation sites is 1. The highest BCUT2D eigenvalue weighted by atomic mass is 32.1. The van der Waals surface area contributed by atoms with Crippen LogP contribution in [0.1, 0.15) is 0 Å². The van der Waals surface area contributed by atoms with E-state index in [1.165, 1.54) is 4.88 Å². The number of benzene rings is 2. The maximum absolute atomic E-state index is 5.97. The number of rotatable bonds is 4. The van der Waals surface area contributed by atoms with E-state index in [1.54, 1.807) is 11.3 Å². The van der Waals surface area contributed by atoms with Gasteiger partial charge in [0.05, 0.1) is 6.20 Å². The van der Waals surface area contributed by atoms with Gasteiger partial charge in [0.1, 0.15) is 11.5 Å². The Labute approximate surface area is 138 Å². The number of thiophene rings is 1. The lowest BCUT2D eigenvalue weighted by Crippen LogP contribution is -1.87. The second kappa shape index (κ2) is 6.10. The molecule has 0 saturated carbocycles. The lowest BCUT2D eigenvalue weighted by molar-refractivity contribution is 0.483. The standard InChI is InChI=1S/C19H14N2OS/c1-2-5-15(6-3-1)22-16-8-9-17(14-12-20-21-13-14)18(11-16)19-7-4-10-23-19/h1-13H,(H,20,21). The molecular formula is C19H14N2OS. The van der Waals surface area contributed by atoms with Crippen LogP contribution in [0, 0.1) is 0 Å². The lowest BCUT2D eigenvalue weighted by Gasteiger charge is -2.11. The van der Waals surface area contributed by atoms with Crippen molar-refractivity contribution < 1.29 is 4.74 Å². The van der Waals surface area contributed by atoms with Crippen molar-refractivity contribution in [2.24, 2.45) is 0 Å². The van der Waals surface area contributed by atoms with Crippen molar-refractivity contribution >= 4 is 11.3 Å². The van der Waals surface area contributed by atoms with E-state index in [-0.39, 0.29) is 0 Å². The third kappa shape index (κ3) is 2.89. The van der Waals surface area contributed by atoms with Gasteiger partial charge in [0.2, 0.25) is 0 Å². The molecular weight excluding hydrogens is 304 g/mol. The Morgan fingerprint density at radius 3 is 2.52 bits per heavy atom. The van der Waals surface area contributed by atoms with E-state index in [0.29, 0.717) is 0 Å². The van der Waals surface area contributed by atoms with Crippen LogP contribution in [0.5, 0.6) is 11.5 Å². The first-order valence-electron chi connectivity index (χ1n) is 7.30. The minimum Gasteiger partial charge on any atom is -0.457 e. The Kier molecular flexibility index (Phi) is 3.66. The van der Waals surface area contributed by atoms with Crippen molar-refractivity contribution in [1.82, 2.24) is 10.2 Å². The molecule has 112 valence electrons. The van der Waals surface area contributed by atoms with Gasteiger partial charge in [0, 0.05) is 22.2 Å². The molecule has 2 aromatic carbocycles. The van der Waals surface area contributed by atoms with Gasteiger partial charge in [0.15, 0.2) is 0 Å². The van der Waals surface area contributed by atoms with Crippen LogP contribution in [0.2, 0.25) is 0 Å². The van der Waals surface area contributed by atoms with Crippen LogP contribution < -0.4 is 4.74 Å². The average molecular weight is 318 g/mol. The molecule has 4 rings (SSSR count). The van der Waals surface area contributed by atoms with Crippen molar-refractivity contribution in [1.29, 1.82) is 0 Å². The van der Waals surface area contributed by atoms with Crippen LogP contribution in [-0.4, -0.2) is 10.2 Å². The highest BCUT2D eigenvalue weighted by Gasteiger charge is 2.11. The number of hydrogen-bond acceptors (Lipinski definition) is 3. The second-order valence-corrected chi connectivity index (χ2v) is 6.03. The van der Waals surface area contributed by atoms with Crippen molar-refractivity contribution in [3.05, 3.63) is 78.4 Å². The minimum absolute atomic E-state index is 0.826. The Morgan fingerprint density at radius 1 is 0.870 bits per heavy atom. The molecule has 0 unspecified atom stereocenters. The third-order valence-corrected chi connectivity index (χ3v) is 4.47. The fraction of sp³-hybridized carbons (Fsp3) is 0. The Balaban J connectivity index is 1.78. The fourth-order valence-corrected chi connectivity index (χ4v) is 3.25. The molecule has 4 heteroatoms. The average Bonchev–Trinajstić information content (AvgIpc) is 3.30. The number of aromatic nitrogens is 2. The summed E-state index contributed by atoms with van der Waals surface area (Å²) in [7, 11) is 0. The largest absolute Gasteiger partial charge is 0.457 e. The molecule has 0 saturated heterocycles. The summed E-state index contributed by atoms with van der Waals surface area (Å²) >= 11 is 1.72. The van der Waals surface area contributed by atoms with E-state index in [1.807, 2.05) is 48.8 Å². The SMILES string of the molecule is c1ccc(Oc2ccc(-c3cn[nH]c3)c(-c3cccs3)c2)cc1. The molecule has 2 heterocycles. The number of nitrogens with zero attached hydrogens (tertiary/aromatic N) is 1. The second-order valence-electron chi connectivity index (χ2n) is 5.09. The van der Waals surface area contributed by atoms with Gasteiger partial charge in [-0.15, -0.1) is 11.3 Å². The molecule has 4 aromatic rings. The van der Waals surface area contributed by atoms with Gasteiger partial charge in [-0.05, 0) is 47.3 Å². The summed E-state index contributed by atoms with van der Waals surface area (Å²) in [5.41, 5.74) is 3.36. The smallest absolute Gasteiger partial charge is 0.128 e. The summed E-state index contributed by atoms with van der Waals surface area (Å²) < 4.78 is 5.97. The lowest BCUT2D eigenvalue weighted by atomic mass is 10.0. The molecule has 3 nitrogen and oxygen atoms in total. The van der Waals surface area contributed by atoms with Crippen molar-refractivity contribution in [3.8, 4) is 33.1 Å². The molecule has 0 atom stereocenters. The van der Waals surface area contributed by atoms with Crippen LogP contribution in [0.25, 0.3) is 21.6 Å². The Morgan fingerprint density at radius 2 is 1.78 bits per heavy atom. The quantitative estimate of drug-likeness (QED) is 0.532. The van der Waals surface area contributed by atoms with E-state index < -0.39 is 0 Å². The summed E-state index contributed by atoms with van der Waals surface area (Å²) in [6, 6.07) is 20.2. The maximum Gasteiger partial charge on any atom is 0.128 e. The minimum atomic E-state index is 0.826. The fourth-order valence-electron chi connectivity index (χ4n) is 2.50. The van der Waals surface area contributed by atoms with Crippen molar-refractivity contribution in [2.75, 3.05) is 0 Å². The van der Waals surface area contributed by atoms with Gasteiger partial charge in [0.25, 0.3) is 0 Å². The monoisotopic (exact) mass is 318 g/mol. The molecule has 0 fully saturated rings. The van der Waals surface area contributed by atoms with Crippen molar-refractivity contribution in [3.63, 3.8) is 0 Å². The van der Waals surface area contributed by atoms with Gasteiger partial charge < -0.3 is 4.74 Å². The molecule has 0 bridgehead atoms. The highest BCUT2D eigenvalue weighted by Crippen LogP contribution is 2.37. The first-order valence-corrected chi connectivity index (χ1v) is 8.18. The van der Waals surface area contributed by atoms with E-state index in [4.69, 9.17) is 4.74 Å². The summed E-state index contributed by atoms with van der Waals surface area (Å²) in [5.74, 6) is 1.66. The van der Waals surface area contributed by atoms with Gasteiger partial charge in [-0.25, -0.2) is 0 Å². The van der Waals surface area contributed by atoms with Crippen LogP contribution in [0.3, 0.4) is 0 Å². The van der Waals surface area contributed by atoms with E-state index in [0.717, 1.165) is 28.2 Å². The van der Waals surface area contributed by atoms with E-state index >= 15 is 0 Å². The molecule has 23 heavy (non-hydrogen) atoms. The van der Waals surface area contributed by atoms with E-state index in [9.17, 15) is 0 Å². The van der Waals surface area contributed by atoms with Gasteiger partial charge in [-0.2, -0.15) is 5.10 Å². The number of ether oxygens (including phenoxy) is 1. The van der Waals surface area contributed by atoms with Gasteiger partial charge in [-0.1, -0.05) is 24.3 Å². The van der Waals surface area contributed by atoms with Gasteiger partial charge >= 0.3 is 0 Å². The third-order valence-electron chi connectivity index (χ3n) is 3.57. The predicted octanol–water partition coefficient (Wildman–Crippen LogP) is 5.60. The molecule has 0 amide bonds. The number of nitrogens with one attached hydrogen (secondary N) is 1. The van der Waals surface area contributed by atoms with Crippen LogP contribution >= 0.6 is 11.3 Å². The molecule has 0 radical (unpaired) electrons. The predicted molar refractivity (Wildman–Crippen MR) is 93.9 cm³/mol. The zero-order valence-corrected chi connectivity index (χ0v) is 13.1. The van der Waals surface area contributed by atoms with Crippen LogP contribution in [-0.2, 0) is 0 Å². The molecule has 0 aliphatic rings. The molecule has 0 spiro atoms. The number of H-pyrrole nitrogens is 1. The first kappa shape index (κ1) is 13.8. The Hall–Kier alpha value is -2.85. The maximum atomic E-state index is 5.97. The topological polar surface area (TPSA) is 37.9 Å². The molecule has 0 aliphatic heterocycles. The van der Waals surface area contributed by atoms with E-state index in [2.05, 4.69) is 39.8 Å². The Bertz CT molecular complexity index is 885. The zero-order chi connectivity index (χ0) is 15.5. The first-order chi connectivity index (χ1) is 11.4. The molecule has 0 aliphatic carbocycles. The van der Waals surface area contributed by atoms with Crippen LogP contribution in [0.15, 0.2) is 78.4 Å². The van der Waals surface area contributed by atoms with Crippen molar-refractivity contribution in [2.45, 2.75) is 0 Å².